The molecule has 2 aromatic rings. The number of amides is 3. The Balaban J connectivity index is 1.34. The minimum absolute atomic E-state index is 0.0321. The Morgan fingerprint density at radius 3 is 2.30 bits per heavy atom. The molecule has 1 aliphatic heterocycles. The van der Waals surface area contributed by atoms with Crippen LogP contribution in [0, 0.1) is 17.6 Å². The van der Waals surface area contributed by atoms with E-state index >= 15 is 0 Å². The summed E-state index contributed by atoms with van der Waals surface area (Å²) < 4.78 is 26.6. The minimum atomic E-state index is -0.352. The van der Waals surface area contributed by atoms with E-state index < -0.39 is 0 Å². The van der Waals surface area contributed by atoms with Gasteiger partial charge in [0.2, 0.25) is 5.91 Å². The first-order chi connectivity index (χ1) is 16.0. The van der Waals surface area contributed by atoms with Gasteiger partial charge in [-0.3, -0.25) is 9.69 Å². The maximum absolute atomic E-state index is 13.5. The Kier molecular flexibility index (Phi) is 7.54. The highest BCUT2D eigenvalue weighted by Crippen LogP contribution is 2.31. The predicted molar refractivity (Wildman–Crippen MR) is 123 cm³/mol. The largest absolute Gasteiger partial charge is 0.351 e. The number of anilines is 1. The van der Waals surface area contributed by atoms with Crippen LogP contribution in [-0.2, 0) is 11.3 Å². The Morgan fingerprint density at radius 2 is 1.64 bits per heavy atom. The van der Waals surface area contributed by atoms with Gasteiger partial charge < -0.3 is 15.5 Å². The standard InChI is InChI=1S/C25H30F2N4O2/c26-20-8-10-22(11-9-20)29-25(33)31-14-12-30(13-15-31)23(19-5-1-2-6-19)24(32)28-17-18-4-3-7-21(27)16-18/h3-4,7-11,16,19,23H,1-2,5-6,12-15,17H2,(H,28,32)(H,29,33). The zero-order valence-corrected chi connectivity index (χ0v) is 18.6. The molecule has 1 atom stereocenters. The molecule has 2 aliphatic rings. The molecule has 6 nitrogen and oxygen atoms in total. The lowest BCUT2D eigenvalue weighted by Crippen LogP contribution is -2.58. The molecule has 3 amide bonds. The SMILES string of the molecule is O=C(NCc1cccc(F)c1)C(C1CCCC1)N1CCN(C(=O)Nc2ccc(F)cc2)CC1. The van der Waals surface area contributed by atoms with Crippen LogP contribution in [0.5, 0.6) is 0 Å². The van der Waals surface area contributed by atoms with Gasteiger partial charge >= 0.3 is 6.03 Å². The summed E-state index contributed by atoms with van der Waals surface area (Å²) in [5, 5.41) is 5.80. The van der Waals surface area contributed by atoms with Gasteiger partial charge in [-0.15, -0.1) is 0 Å². The molecule has 8 heteroatoms. The van der Waals surface area contributed by atoms with Gasteiger partial charge in [0.1, 0.15) is 11.6 Å². The molecule has 0 radical (unpaired) electrons. The molecule has 2 fully saturated rings. The van der Waals surface area contributed by atoms with Crippen molar-refractivity contribution in [1.29, 1.82) is 0 Å². The second-order valence-corrected chi connectivity index (χ2v) is 8.80. The van der Waals surface area contributed by atoms with Gasteiger partial charge in [0.15, 0.2) is 0 Å². The summed E-state index contributed by atoms with van der Waals surface area (Å²) in [5.74, 6) is -0.410. The van der Waals surface area contributed by atoms with E-state index in [9.17, 15) is 18.4 Å². The van der Waals surface area contributed by atoms with E-state index in [0.717, 1.165) is 31.2 Å². The third kappa shape index (κ3) is 6.07. The number of benzene rings is 2. The third-order valence-corrected chi connectivity index (χ3v) is 6.56. The summed E-state index contributed by atoms with van der Waals surface area (Å²) in [4.78, 5) is 29.7. The van der Waals surface area contributed by atoms with Crippen molar-refractivity contribution >= 4 is 17.6 Å². The molecule has 0 aromatic heterocycles. The van der Waals surface area contributed by atoms with Crippen molar-refractivity contribution in [1.82, 2.24) is 15.1 Å². The zero-order chi connectivity index (χ0) is 23.2. The molecule has 4 rings (SSSR count). The van der Waals surface area contributed by atoms with Crippen molar-refractivity contribution in [2.45, 2.75) is 38.3 Å². The van der Waals surface area contributed by atoms with Gasteiger partial charge in [-0.1, -0.05) is 25.0 Å². The van der Waals surface area contributed by atoms with Crippen LogP contribution in [-0.4, -0.2) is 54.0 Å². The van der Waals surface area contributed by atoms with Gasteiger partial charge in [-0.05, 0) is 60.7 Å². The Bertz CT molecular complexity index is 955. The monoisotopic (exact) mass is 456 g/mol. The number of rotatable bonds is 6. The van der Waals surface area contributed by atoms with Crippen molar-refractivity contribution in [2.75, 3.05) is 31.5 Å². The lowest BCUT2D eigenvalue weighted by molar-refractivity contribution is -0.129. The lowest BCUT2D eigenvalue weighted by atomic mass is 9.95. The second-order valence-electron chi connectivity index (χ2n) is 8.80. The number of nitrogens with zero attached hydrogens (tertiary/aromatic N) is 2. The predicted octanol–water partition coefficient (Wildman–Crippen LogP) is 3.99. The molecular weight excluding hydrogens is 426 g/mol. The van der Waals surface area contributed by atoms with Crippen LogP contribution in [0.15, 0.2) is 48.5 Å². The number of hydrogen-bond acceptors (Lipinski definition) is 3. The van der Waals surface area contributed by atoms with Crippen molar-refractivity contribution < 1.29 is 18.4 Å². The van der Waals surface area contributed by atoms with Crippen LogP contribution in [0.2, 0.25) is 0 Å². The van der Waals surface area contributed by atoms with Crippen LogP contribution >= 0.6 is 0 Å². The first-order valence-electron chi connectivity index (χ1n) is 11.6. The quantitative estimate of drug-likeness (QED) is 0.691. The summed E-state index contributed by atoms with van der Waals surface area (Å²) in [6, 6.07) is 11.5. The summed E-state index contributed by atoms with van der Waals surface area (Å²) in [6.07, 6.45) is 4.28. The maximum atomic E-state index is 13.5. The summed E-state index contributed by atoms with van der Waals surface area (Å²) in [7, 11) is 0. The topological polar surface area (TPSA) is 64.7 Å². The fraction of sp³-hybridized carbons (Fsp3) is 0.440. The van der Waals surface area contributed by atoms with Gasteiger partial charge in [-0.25, -0.2) is 13.6 Å². The van der Waals surface area contributed by atoms with E-state index in [-0.39, 0.29) is 35.5 Å². The molecule has 1 unspecified atom stereocenters. The van der Waals surface area contributed by atoms with Crippen LogP contribution in [0.3, 0.4) is 0 Å². The zero-order valence-electron chi connectivity index (χ0n) is 18.6. The van der Waals surface area contributed by atoms with E-state index in [0.29, 0.717) is 38.4 Å². The van der Waals surface area contributed by atoms with Crippen molar-refractivity contribution in [3.05, 3.63) is 65.7 Å². The number of halogens is 2. The Labute approximate surface area is 192 Å². The third-order valence-electron chi connectivity index (χ3n) is 6.56. The second kappa shape index (κ2) is 10.7. The lowest BCUT2D eigenvalue weighted by Gasteiger charge is -2.40. The number of carbonyl (C=O) groups is 2. The first-order valence-corrected chi connectivity index (χ1v) is 11.6. The van der Waals surface area contributed by atoms with Gasteiger partial charge in [0, 0.05) is 38.4 Å². The van der Waals surface area contributed by atoms with Crippen LogP contribution in [0.1, 0.15) is 31.2 Å². The molecule has 1 saturated heterocycles. The fourth-order valence-corrected chi connectivity index (χ4v) is 4.83. The Hall–Kier alpha value is -3.00. The van der Waals surface area contributed by atoms with Crippen molar-refractivity contribution in [3.63, 3.8) is 0 Å². The van der Waals surface area contributed by atoms with Crippen molar-refractivity contribution in [3.8, 4) is 0 Å². The molecular formula is C25H30F2N4O2. The molecule has 33 heavy (non-hydrogen) atoms. The number of piperazine rings is 1. The van der Waals surface area contributed by atoms with Gasteiger partial charge in [-0.2, -0.15) is 0 Å². The molecule has 2 N–H and O–H groups in total. The van der Waals surface area contributed by atoms with E-state index in [1.54, 1.807) is 17.0 Å². The Morgan fingerprint density at radius 1 is 0.939 bits per heavy atom. The molecule has 2 aromatic carbocycles. The van der Waals surface area contributed by atoms with Crippen LogP contribution < -0.4 is 10.6 Å². The number of urea groups is 1. The van der Waals surface area contributed by atoms with Crippen LogP contribution in [0.4, 0.5) is 19.3 Å². The van der Waals surface area contributed by atoms with E-state index in [1.807, 2.05) is 0 Å². The summed E-state index contributed by atoms with van der Waals surface area (Å²) in [5.41, 5.74) is 1.28. The van der Waals surface area contributed by atoms with E-state index in [1.165, 1.54) is 36.4 Å². The highest BCUT2D eigenvalue weighted by molar-refractivity contribution is 5.89. The normalized spacial score (nSPS) is 18.2. The van der Waals surface area contributed by atoms with E-state index in [2.05, 4.69) is 15.5 Å². The maximum Gasteiger partial charge on any atom is 0.321 e. The first kappa shape index (κ1) is 23.2. The number of nitrogens with one attached hydrogen (secondary N) is 2. The fourth-order valence-electron chi connectivity index (χ4n) is 4.83. The number of carbonyl (C=O) groups excluding carboxylic acids is 2. The average molecular weight is 457 g/mol. The van der Waals surface area contributed by atoms with E-state index in [4.69, 9.17) is 0 Å². The van der Waals surface area contributed by atoms with Gasteiger partial charge in [0.05, 0.1) is 6.04 Å². The van der Waals surface area contributed by atoms with Crippen molar-refractivity contribution in [2.24, 2.45) is 5.92 Å². The molecule has 0 spiro atoms. The molecule has 0 bridgehead atoms. The van der Waals surface area contributed by atoms with Gasteiger partial charge in [0.25, 0.3) is 0 Å². The summed E-state index contributed by atoms with van der Waals surface area (Å²) in [6.45, 7) is 2.51. The number of hydrogen-bond donors (Lipinski definition) is 2. The summed E-state index contributed by atoms with van der Waals surface area (Å²) >= 11 is 0. The molecule has 1 heterocycles. The molecule has 176 valence electrons. The average Bonchev–Trinajstić information content (AvgIpc) is 3.34. The van der Waals surface area contributed by atoms with Crippen LogP contribution in [0.25, 0.3) is 0 Å². The highest BCUT2D eigenvalue weighted by atomic mass is 19.1. The highest BCUT2D eigenvalue weighted by Gasteiger charge is 2.37. The molecule has 1 saturated carbocycles. The molecule has 1 aliphatic carbocycles. The smallest absolute Gasteiger partial charge is 0.321 e. The minimum Gasteiger partial charge on any atom is -0.351 e.